The third-order valence-electron chi connectivity index (χ3n) is 10.3. The maximum Gasteiger partial charge on any atom is 1.00 e. The van der Waals surface area contributed by atoms with Crippen molar-refractivity contribution in [1.29, 1.82) is 0 Å². The smallest absolute Gasteiger partial charge is 0.469 e. The number of methoxy groups -OCH3 is 2. The molecular weight excluding hydrogens is 1030 g/mol. The van der Waals surface area contributed by atoms with Gasteiger partial charge >= 0.3 is 63.3 Å². The Labute approximate surface area is 547 Å². The molecule has 0 spiro atoms. The first-order valence-electron chi connectivity index (χ1n) is 24.9. The molecule has 0 saturated carbocycles. The maximum absolute atomic E-state index is 12.4. The van der Waals surface area contributed by atoms with Gasteiger partial charge in [-0.15, -0.1) is 41.8 Å². The molecule has 0 amide bonds. The molecule has 1 atom stereocenters. The quantitative estimate of drug-likeness (QED) is 0.0525. The van der Waals surface area contributed by atoms with Gasteiger partial charge in [0, 0.05) is 36.3 Å². The van der Waals surface area contributed by atoms with Crippen molar-refractivity contribution in [3.63, 3.8) is 0 Å². The number of hydrogen-bond donors (Lipinski definition) is 0. The van der Waals surface area contributed by atoms with Crippen LogP contribution in [0.3, 0.4) is 0 Å². The van der Waals surface area contributed by atoms with E-state index >= 15 is 0 Å². The Kier molecular flexibility index (Phi) is 71.9. The second-order valence-corrected chi connectivity index (χ2v) is 16.2. The minimum Gasteiger partial charge on any atom is -0.469 e. The molecule has 2 aromatic heterocycles. The van der Waals surface area contributed by atoms with Crippen molar-refractivity contribution < 1.29 is 70.4 Å². The Morgan fingerprint density at radius 3 is 1.01 bits per heavy atom. The summed E-state index contributed by atoms with van der Waals surface area (Å²) in [7, 11) is 2.80. The fourth-order valence-corrected chi connectivity index (χ4v) is 6.84. The van der Waals surface area contributed by atoms with Gasteiger partial charge < -0.3 is 9.47 Å². The first kappa shape index (κ1) is 94.8. The number of carbonyl (C=O) groups is 2. The van der Waals surface area contributed by atoms with Gasteiger partial charge in [0.15, 0.2) is 0 Å². The molecular formula is C75H111KN2O4. The molecule has 0 N–H and O–H groups in total. The molecule has 0 fully saturated rings. The second kappa shape index (κ2) is 62.2. The zero-order valence-corrected chi connectivity index (χ0v) is 48.9. The van der Waals surface area contributed by atoms with Gasteiger partial charge in [-0.25, -0.2) is 4.79 Å². The Balaban J connectivity index is -0.000000121. The van der Waals surface area contributed by atoms with E-state index in [2.05, 4.69) is 168 Å². The number of ether oxygens (including phenoxy) is 2. The van der Waals surface area contributed by atoms with Crippen LogP contribution in [-0.4, -0.2) is 36.1 Å². The average Bonchev–Trinajstić information content (AvgIpc) is 3.48. The minimum absolute atomic E-state index is 0. The maximum atomic E-state index is 12.4. The summed E-state index contributed by atoms with van der Waals surface area (Å²) in [6.07, 6.45) is 12.7. The molecule has 0 aliphatic rings. The van der Waals surface area contributed by atoms with Crippen LogP contribution >= 0.6 is 0 Å². The fourth-order valence-electron chi connectivity index (χ4n) is 6.84. The van der Waals surface area contributed by atoms with Gasteiger partial charge in [0.1, 0.15) is 0 Å². The molecule has 7 heteroatoms. The van der Waals surface area contributed by atoms with Crippen molar-refractivity contribution >= 4 is 18.0 Å². The molecule has 1 unspecified atom stereocenters. The predicted octanol–water partition coefficient (Wildman–Crippen LogP) is 19.2. The molecule has 82 heavy (non-hydrogen) atoms. The summed E-state index contributed by atoms with van der Waals surface area (Å²) in [5, 5.41) is 0. The average molecular weight is 1140 g/mol. The Hall–Kier alpha value is -6.45. The van der Waals surface area contributed by atoms with Crippen molar-refractivity contribution in [2.45, 2.75) is 133 Å². The Morgan fingerprint density at radius 2 is 0.780 bits per heavy atom. The number of esters is 2. The van der Waals surface area contributed by atoms with Gasteiger partial charge in [-0.05, 0) is 86.1 Å². The van der Waals surface area contributed by atoms with Crippen molar-refractivity contribution in [1.82, 2.24) is 9.97 Å². The second-order valence-electron chi connectivity index (χ2n) is 16.2. The Bertz CT molecular complexity index is 2370. The summed E-state index contributed by atoms with van der Waals surface area (Å²) < 4.78 is 9.36. The number of carbonyl (C=O) groups excluding carboxylic acids is 2. The summed E-state index contributed by atoms with van der Waals surface area (Å²) in [6.45, 7) is 20.5. The van der Waals surface area contributed by atoms with Crippen LogP contribution in [0, 0.1) is 11.8 Å². The van der Waals surface area contributed by atoms with Crippen LogP contribution in [0.5, 0.6) is 0 Å². The Morgan fingerprint density at radius 1 is 0.488 bits per heavy atom. The van der Waals surface area contributed by atoms with Crippen LogP contribution in [0.1, 0.15) is 166 Å². The number of pyridine rings is 2. The molecule has 446 valence electrons. The van der Waals surface area contributed by atoms with Crippen LogP contribution < -0.4 is 51.4 Å². The molecule has 0 aliphatic heterocycles. The van der Waals surface area contributed by atoms with Crippen molar-refractivity contribution in [3.8, 4) is 0 Å². The van der Waals surface area contributed by atoms with Crippen LogP contribution in [0.4, 0.5) is 0 Å². The standard InChI is InChI=1S/C27H30O2.C13H11.C8H8.2C5H5N.C5H8O2.2C2H6.8CH4.K/c1-27(2,26(28)29-3)20-24(21-13-7-4-8-14-21)19-25(22-15-9-5-10-16-22)23-17-11-6-12-18-23;1-3-7-12(8-4-1)11-13-9-5-2-6-10-13;1-2-8-6-4-3-5-7-8;2*1-2-4-6-5-3-1;1-4(2)5(6)7-3;2*1-2;;;;;;;;;/h4-18,24-25H,19-20H2,1-3H3;1-11H;2-7H,1H2;2*1-5H;1H2,2-3H3;2*1-2H3;8*1H4;/q;-1;;;;;;;;;;;;;;;+1. The normalized spacial score (nSPS) is 8.76. The van der Waals surface area contributed by atoms with Gasteiger partial charge in [-0.2, -0.15) is 0 Å². The summed E-state index contributed by atoms with van der Waals surface area (Å²) in [5.74, 6) is -0.0128. The summed E-state index contributed by atoms with van der Waals surface area (Å²) in [6, 6.07) is 74.0. The molecule has 0 aliphatic carbocycles. The van der Waals surface area contributed by atoms with Gasteiger partial charge in [-0.1, -0.05) is 276 Å². The van der Waals surface area contributed by atoms with E-state index in [9.17, 15) is 9.59 Å². The predicted molar refractivity (Wildman–Crippen MR) is 363 cm³/mol. The topological polar surface area (TPSA) is 78.4 Å². The molecule has 0 saturated heterocycles. The first-order chi connectivity index (χ1) is 35.6. The van der Waals surface area contributed by atoms with E-state index in [0.717, 1.165) is 12.8 Å². The summed E-state index contributed by atoms with van der Waals surface area (Å²) in [5.41, 5.74) is 7.41. The van der Waals surface area contributed by atoms with Gasteiger partial charge in [0.05, 0.1) is 19.6 Å². The number of aromatic nitrogens is 2. The van der Waals surface area contributed by atoms with Crippen LogP contribution in [0.15, 0.2) is 262 Å². The molecule has 6 aromatic carbocycles. The molecule has 0 bridgehead atoms. The molecule has 2 heterocycles. The number of benzene rings is 6. The van der Waals surface area contributed by atoms with E-state index in [-0.39, 0.29) is 135 Å². The third-order valence-corrected chi connectivity index (χ3v) is 10.3. The van der Waals surface area contributed by atoms with Crippen molar-refractivity contribution in [3.05, 3.63) is 302 Å². The third kappa shape index (κ3) is 43.3. The largest absolute Gasteiger partial charge is 1.00 e. The van der Waals surface area contributed by atoms with Crippen LogP contribution in [0.2, 0.25) is 0 Å². The van der Waals surface area contributed by atoms with Crippen LogP contribution in [-0.2, 0) is 19.1 Å². The van der Waals surface area contributed by atoms with Gasteiger partial charge in [-0.3, -0.25) is 14.8 Å². The van der Waals surface area contributed by atoms with Gasteiger partial charge in [0.2, 0.25) is 0 Å². The summed E-state index contributed by atoms with van der Waals surface area (Å²) in [4.78, 5) is 30.2. The van der Waals surface area contributed by atoms with Gasteiger partial charge in [0.25, 0.3) is 0 Å². The van der Waals surface area contributed by atoms with Crippen molar-refractivity contribution in [2.75, 3.05) is 14.2 Å². The molecule has 0 radical (unpaired) electrons. The summed E-state index contributed by atoms with van der Waals surface area (Å²) >= 11 is 0. The monoisotopic (exact) mass is 1140 g/mol. The molecule has 8 aromatic rings. The van der Waals surface area contributed by atoms with Crippen LogP contribution in [0.25, 0.3) is 6.08 Å². The van der Waals surface area contributed by atoms with E-state index in [4.69, 9.17) is 4.74 Å². The number of nitrogens with zero attached hydrogens (tertiary/aromatic N) is 2. The van der Waals surface area contributed by atoms with Crippen molar-refractivity contribution in [2.24, 2.45) is 5.41 Å². The molecule has 8 rings (SSSR count). The van der Waals surface area contributed by atoms with E-state index in [0.29, 0.717) is 5.57 Å². The zero-order valence-electron chi connectivity index (χ0n) is 45.8. The number of hydrogen-bond acceptors (Lipinski definition) is 6. The number of rotatable bonds is 12. The minimum atomic E-state index is -0.548. The van der Waals surface area contributed by atoms with E-state index < -0.39 is 5.41 Å². The molecule has 6 nitrogen and oxygen atoms in total. The fraction of sp³-hybridized carbons (Fsp3) is 0.293. The van der Waals surface area contributed by atoms with E-state index in [1.54, 1.807) is 31.7 Å². The van der Waals surface area contributed by atoms with E-state index in [1.165, 1.54) is 47.6 Å². The SMILES string of the molecule is C.C.C.C.C.C.C.C.C=C(C)C(=O)OC.C=Cc1ccccc1.CC.CC.COC(=O)C(C)(C)CC(CC(c1ccccc1)c1ccccc1)c1ccccc1.[K+].c1ccc([CH-]c2ccccc2)cc1.c1ccncc1.c1ccncc1. The van der Waals surface area contributed by atoms with E-state index in [1.807, 2.05) is 133 Å². The first-order valence-corrected chi connectivity index (χ1v) is 24.9. The zero-order chi connectivity index (χ0) is 53.8.